The van der Waals surface area contributed by atoms with E-state index in [4.69, 9.17) is 0 Å². The molecule has 3 aromatic rings. The molecule has 3 rings (SSSR count). The van der Waals surface area contributed by atoms with Gasteiger partial charge in [-0.1, -0.05) is 0 Å². The van der Waals surface area contributed by atoms with Crippen LogP contribution in [0.15, 0.2) is 91.0 Å². The zero-order valence-electron chi connectivity index (χ0n) is 20.2. The first-order valence-electron chi connectivity index (χ1n) is 12.5. The molecule has 0 aliphatic carbocycles. The zero-order chi connectivity index (χ0) is 23.6. The Balaban J connectivity index is 2.43. The Morgan fingerprint density at radius 2 is 1.09 bits per heavy atom. The maximum absolute atomic E-state index is 11.4. The van der Waals surface area contributed by atoms with Crippen molar-refractivity contribution in [2.24, 2.45) is 0 Å². The summed E-state index contributed by atoms with van der Waals surface area (Å²) in [5.74, 6) is -0.701. The molecule has 0 aliphatic heterocycles. The predicted molar refractivity (Wildman–Crippen MR) is 145 cm³/mol. The number of aliphatic carboxylic acids is 1. The number of unbranched alkanes of at least 4 members (excludes halogenated alkanes) is 1. The summed E-state index contributed by atoms with van der Waals surface area (Å²) in [5, 5.41) is 13.7. The quantitative estimate of drug-likeness (QED) is 0.226. The third-order valence-electron chi connectivity index (χ3n) is 7.35. The standard InChI is InChI=1S/C30H39O2P/c1-3-16-26(17-4-2)33(25-15-14-24-30(31)32,27-18-8-5-9-19-27,28-20-10-6-11-21-28)29-22-12-7-13-23-29/h5-13,18-23,26H,3-4,14-17,24-25H2,1-2H3,(H,31,32). The summed E-state index contributed by atoms with van der Waals surface area (Å²) in [6.45, 7) is 1.67. The van der Waals surface area contributed by atoms with Gasteiger partial charge in [0.15, 0.2) is 0 Å². The van der Waals surface area contributed by atoms with Gasteiger partial charge < -0.3 is 0 Å². The van der Waals surface area contributed by atoms with Crippen molar-refractivity contribution in [2.75, 3.05) is 6.16 Å². The first kappa shape index (κ1) is 25.2. The van der Waals surface area contributed by atoms with Gasteiger partial charge in [0, 0.05) is 0 Å². The van der Waals surface area contributed by atoms with E-state index in [1.807, 2.05) is 0 Å². The second-order valence-electron chi connectivity index (χ2n) is 9.19. The van der Waals surface area contributed by atoms with Crippen molar-refractivity contribution in [3.8, 4) is 0 Å². The Morgan fingerprint density at radius 3 is 1.42 bits per heavy atom. The fraction of sp³-hybridized carbons (Fsp3) is 0.367. The van der Waals surface area contributed by atoms with E-state index in [1.54, 1.807) is 0 Å². The molecular formula is C30H39O2P. The molecule has 0 aromatic heterocycles. The van der Waals surface area contributed by atoms with Crippen LogP contribution in [-0.4, -0.2) is 22.9 Å². The number of rotatable bonds is 13. The minimum absolute atomic E-state index is 0.233. The van der Waals surface area contributed by atoms with E-state index >= 15 is 0 Å². The molecule has 0 radical (unpaired) electrons. The van der Waals surface area contributed by atoms with E-state index in [0.29, 0.717) is 12.1 Å². The van der Waals surface area contributed by atoms with Crippen molar-refractivity contribution >= 4 is 28.5 Å². The molecule has 0 aliphatic rings. The van der Waals surface area contributed by atoms with Crippen molar-refractivity contribution in [3.63, 3.8) is 0 Å². The molecule has 176 valence electrons. The van der Waals surface area contributed by atoms with Gasteiger partial charge in [-0.15, -0.1) is 0 Å². The zero-order valence-corrected chi connectivity index (χ0v) is 21.1. The Labute approximate surface area is 200 Å². The van der Waals surface area contributed by atoms with Crippen molar-refractivity contribution in [1.82, 2.24) is 0 Å². The summed E-state index contributed by atoms with van der Waals surface area (Å²) >= 11 is 0. The van der Waals surface area contributed by atoms with Gasteiger partial charge in [-0.25, -0.2) is 0 Å². The Hall–Kier alpha value is -2.44. The van der Waals surface area contributed by atoms with Crippen molar-refractivity contribution in [3.05, 3.63) is 91.0 Å². The third-order valence-corrected chi connectivity index (χ3v) is 15.2. The molecule has 33 heavy (non-hydrogen) atoms. The number of carboxylic acids is 1. The number of carboxylic acid groups (broad SMARTS) is 1. The normalized spacial score (nSPS) is 12.9. The Kier molecular flexibility index (Phi) is 8.87. The fourth-order valence-electron chi connectivity index (χ4n) is 6.05. The van der Waals surface area contributed by atoms with Crippen LogP contribution in [0.25, 0.3) is 0 Å². The van der Waals surface area contributed by atoms with E-state index in [2.05, 4.69) is 105 Å². The number of benzene rings is 3. The SMILES string of the molecule is CCCC(CCC)P(CCCCC(=O)O)(c1ccccc1)(c1ccccc1)c1ccccc1. The Morgan fingerprint density at radius 1 is 0.697 bits per heavy atom. The van der Waals surface area contributed by atoms with Crippen LogP contribution in [0.3, 0.4) is 0 Å². The van der Waals surface area contributed by atoms with E-state index < -0.39 is 12.6 Å². The summed E-state index contributed by atoms with van der Waals surface area (Å²) in [7, 11) is 0. The van der Waals surface area contributed by atoms with Crippen LogP contribution in [0.1, 0.15) is 58.8 Å². The fourth-order valence-corrected chi connectivity index (χ4v) is 14.4. The molecule has 0 saturated carbocycles. The molecule has 1 N–H and O–H groups in total. The summed E-state index contributed by atoms with van der Waals surface area (Å²) in [4.78, 5) is 11.4. The molecule has 0 spiro atoms. The summed E-state index contributed by atoms with van der Waals surface area (Å²) < 4.78 is 0. The predicted octanol–water partition coefficient (Wildman–Crippen LogP) is 6.74. The van der Waals surface area contributed by atoms with Crippen LogP contribution in [-0.2, 0) is 4.79 Å². The molecule has 3 heteroatoms. The number of carbonyl (C=O) groups is 1. The van der Waals surface area contributed by atoms with Gasteiger partial charge in [0.05, 0.1) is 0 Å². The first-order chi connectivity index (χ1) is 16.1. The first-order valence-corrected chi connectivity index (χ1v) is 15.0. The molecule has 0 bridgehead atoms. The van der Waals surface area contributed by atoms with Gasteiger partial charge in [0.2, 0.25) is 0 Å². The number of hydrogen-bond acceptors (Lipinski definition) is 1. The van der Waals surface area contributed by atoms with Gasteiger partial charge in [0.25, 0.3) is 0 Å². The van der Waals surface area contributed by atoms with Gasteiger partial charge in [-0.05, 0) is 0 Å². The third kappa shape index (κ3) is 4.78. The monoisotopic (exact) mass is 462 g/mol. The molecule has 0 atom stereocenters. The molecule has 0 heterocycles. The van der Waals surface area contributed by atoms with Crippen LogP contribution in [0.4, 0.5) is 0 Å². The molecule has 2 nitrogen and oxygen atoms in total. The summed E-state index contributed by atoms with van der Waals surface area (Å²) in [6.07, 6.45) is 7.50. The van der Waals surface area contributed by atoms with E-state index in [9.17, 15) is 9.90 Å². The second-order valence-corrected chi connectivity index (χ2v) is 14.7. The van der Waals surface area contributed by atoms with Gasteiger partial charge in [-0.2, -0.15) is 0 Å². The van der Waals surface area contributed by atoms with Crippen molar-refractivity contribution < 1.29 is 9.90 Å². The van der Waals surface area contributed by atoms with Gasteiger partial charge >= 0.3 is 200 Å². The average Bonchev–Trinajstić information content (AvgIpc) is 2.86. The maximum atomic E-state index is 11.4. The molecular weight excluding hydrogens is 423 g/mol. The van der Waals surface area contributed by atoms with Crippen molar-refractivity contribution in [1.29, 1.82) is 0 Å². The van der Waals surface area contributed by atoms with Gasteiger partial charge in [-0.3, -0.25) is 0 Å². The molecule has 0 unspecified atom stereocenters. The van der Waals surface area contributed by atoms with E-state index in [1.165, 1.54) is 28.8 Å². The minimum atomic E-state index is -2.94. The topological polar surface area (TPSA) is 37.3 Å². The molecule has 0 amide bonds. The van der Waals surface area contributed by atoms with E-state index in [-0.39, 0.29) is 6.42 Å². The summed E-state index contributed by atoms with van der Waals surface area (Å²) in [5.41, 5.74) is 0.517. The van der Waals surface area contributed by atoms with Crippen molar-refractivity contribution in [2.45, 2.75) is 64.5 Å². The molecule has 0 saturated heterocycles. The molecule has 3 aromatic carbocycles. The van der Waals surface area contributed by atoms with E-state index in [0.717, 1.165) is 25.4 Å². The summed E-state index contributed by atoms with van der Waals surface area (Å²) in [6, 6.07) is 33.6. The average molecular weight is 463 g/mol. The van der Waals surface area contributed by atoms with Crippen LogP contribution >= 0.6 is 6.60 Å². The van der Waals surface area contributed by atoms with Gasteiger partial charge in [0.1, 0.15) is 0 Å². The van der Waals surface area contributed by atoms with Crippen LogP contribution < -0.4 is 15.9 Å². The Bertz CT molecular complexity index is 880. The van der Waals surface area contributed by atoms with Crippen LogP contribution in [0, 0.1) is 0 Å². The second kappa shape index (κ2) is 11.6. The number of hydrogen-bond donors (Lipinski definition) is 1. The van der Waals surface area contributed by atoms with Crippen LogP contribution in [0.5, 0.6) is 0 Å². The molecule has 0 fully saturated rings. The van der Waals surface area contributed by atoms with Crippen LogP contribution in [0.2, 0.25) is 0 Å².